The summed E-state index contributed by atoms with van der Waals surface area (Å²) in [6.07, 6.45) is 0.689. The van der Waals surface area contributed by atoms with Crippen molar-refractivity contribution in [1.29, 1.82) is 0 Å². The van der Waals surface area contributed by atoms with Crippen LogP contribution in [-0.2, 0) is 19.6 Å². The standard InChI is InChI=1S/C13H16BrNO6S/c1-3-4-10(12(16)17)15-22(19,20)11-6-5-8(7-9(11)14)13(18)21-2/h5-7,10,15H,3-4H2,1-2H3,(H,16,17). The molecule has 1 aromatic rings. The zero-order chi connectivity index (χ0) is 16.9. The van der Waals surface area contributed by atoms with Gasteiger partial charge < -0.3 is 9.84 Å². The zero-order valence-electron chi connectivity index (χ0n) is 12.0. The fourth-order valence-corrected chi connectivity index (χ4v) is 4.04. The first-order valence-corrected chi connectivity index (χ1v) is 8.63. The lowest BCUT2D eigenvalue weighted by Crippen LogP contribution is -2.40. The summed E-state index contributed by atoms with van der Waals surface area (Å²) >= 11 is 3.07. The molecule has 1 rings (SSSR count). The molecule has 0 fully saturated rings. The Labute approximate surface area is 136 Å². The second-order valence-corrected chi connectivity index (χ2v) is 6.97. The SMILES string of the molecule is CCCC(NS(=O)(=O)c1ccc(C(=O)OC)cc1Br)C(=O)O. The van der Waals surface area contributed by atoms with E-state index >= 15 is 0 Å². The molecule has 0 saturated heterocycles. The maximum atomic E-state index is 12.3. The maximum absolute atomic E-state index is 12.3. The third kappa shape index (κ3) is 4.52. The predicted molar refractivity (Wildman–Crippen MR) is 82.1 cm³/mol. The Balaban J connectivity index is 3.12. The largest absolute Gasteiger partial charge is 0.480 e. The number of carbonyl (C=O) groups is 2. The molecule has 1 atom stereocenters. The van der Waals surface area contributed by atoms with E-state index in [-0.39, 0.29) is 21.4 Å². The number of carboxylic acid groups (broad SMARTS) is 1. The van der Waals surface area contributed by atoms with Crippen LogP contribution in [0.1, 0.15) is 30.1 Å². The van der Waals surface area contributed by atoms with Gasteiger partial charge in [-0.2, -0.15) is 4.72 Å². The summed E-state index contributed by atoms with van der Waals surface area (Å²) < 4.78 is 31.4. The first-order valence-electron chi connectivity index (χ1n) is 6.36. The number of hydrogen-bond donors (Lipinski definition) is 2. The third-order valence-electron chi connectivity index (χ3n) is 2.82. The number of carboxylic acids is 1. The number of sulfonamides is 1. The Morgan fingerprint density at radius 3 is 2.50 bits per heavy atom. The lowest BCUT2D eigenvalue weighted by molar-refractivity contribution is -0.139. The van der Waals surface area contributed by atoms with Crippen LogP contribution >= 0.6 is 15.9 Å². The Kier molecular flexibility index (Phi) is 6.51. The molecule has 0 heterocycles. The van der Waals surface area contributed by atoms with Gasteiger partial charge in [0.1, 0.15) is 6.04 Å². The van der Waals surface area contributed by atoms with Gasteiger partial charge in [-0.3, -0.25) is 4.79 Å². The molecule has 0 aromatic heterocycles. The number of benzene rings is 1. The number of carbonyl (C=O) groups excluding carboxylic acids is 1. The average molecular weight is 394 g/mol. The molecule has 7 nitrogen and oxygen atoms in total. The van der Waals surface area contributed by atoms with Gasteiger partial charge in [-0.1, -0.05) is 13.3 Å². The summed E-state index contributed by atoms with van der Waals surface area (Å²) in [6, 6.07) is 2.60. The van der Waals surface area contributed by atoms with E-state index in [2.05, 4.69) is 25.4 Å². The molecule has 22 heavy (non-hydrogen) atoms. The molecule has 0 amide bonds. The molecular formula is C13H16BrNO6S. The van der Waals surface area contributed by atoms with Gasteiger partial charge in [0, 0.05) is 4.47 Å². The van der Waals surface area contributed by atoms with E-state index in [1.54, 1.807) is 6.92 Å². The van der Waals surface area contributed by atoms with Crippen LogP contribution in [-0.4, -0.2) is 38.6 Å². The highest BCUT2D eigenvalue weighted by atomic mass is 79.9. The summed E-state index contributed by atoms with van der Waals surface area (Å²) in [7, 11) is -2.82. The minimum atomic E-state index is -4.04. The summed E-state index contributed by atoms with van der Waals surface area (Å²) in [5, 5.41) is 9.03. The highest BCUT2D eigenvalue weighted by molar-refractivity contribution is 9.10. The smallest absolute Gasteiger partial charge is 0.337 e. The van der Waals surface area contributed by atoms with Gasteiger partial charge in [0.25, 0.3) is 0 Å². The number of ether oxygens (including phenoxy) is 1. The predicted octanol–water partition coefficient (Wildman–Crippen LogP) is 1.77. The number of methoxy groups -OCH3 is 1. The summed E-state index contributed by atoms with van der Waals surface area (Å²) in [6.45, 7) is 1.76. The van der Waals surface area contributed by atoms with Crippen LogP contribution in [0.4, 0.5) is 0 Å². The number of esters is 1. The van der Waals surface area contributed by atoms with Crippen LogP contribution in [0.5, 0.6) is 0 Å². The van der Waals surface area contributed by atoms with Crippen LogP contribution in [0.2, 0.25) is 0 Å². The fourth-order valence-electron chi connectivity index (χ4n) is 1.74. The van der Waals surface area contributed by atoms with Crippen molar-refractivity contribution >= 4 is 37.9 Å². The second kappa shape index (κ2) is 7.70. The molecule has 0 aliphatic rings. The maximum Gasteiger partial charge on any atom is 0.337 e. The molecule has 0 spiro atoms. The average Bonchev–Trinajstić information content (AvgIpc) is 2.45. The van der Waals surface area contributed by atoms with Gasteiger partial charge in [-0.15, -0.1) is 0 Å². The zero-order valence-corrected chi connectivity index (χ0v) is 14.4. The highest BCUT2D eigenvalue weighted by Gasteiger charge is 2.26. The first kappa shape index (κ1) is 18.6. The van der Waals surface area contributed by atoms with Crippen molar-refractivity contribution < 1.29 is 27.9 Å². The van der Waals surface area contributed by atoms with E-state index in [1.807, 2.05) is 0 Å². The van der Waals surface area contributed by atoms with E-state index in [9.17, 15) is 18.0 Å². The van der Waals surface area contributed by atoms with Crippen molar-refractivity contribution in [3.8, 4) is 0 Å². The van der Waals surface area contributed by atoms with Crippen molar-refractivity contribution in [2.75, 3.05) is 7.11 Å². The number of hydrogen-bond acceptors (Lipinski definition) is 5. The van der Waals surface area contributed by atoms with E-state index in [1.165, 1.54) is 25.3 Å². The lowest BCUT2D eigenvalue weighted by atomic mass is 10.2. The number of aliphatic carboxylic acids is 1. The van der Waals surface area contributed by atoms with Crippen LogP contribution in [0.15, 0.2) is 27.6 Å². The molecule has 0 saturated carbocycles. The minimum Gasteiger partial charge on any atom is -0.480 e. The highest BCUT2D eigenvalue weighted by Crippen LogP contribution is 2.24. The molecule has 2 N–H and O–H groups in total. The normalized spacial score (nSPS) is 12.7. The van der Waals surface area contributed by atoms with Crippen LogP contribution in [0, 0.1) is 0 Å². The van der Waals surface area contributed by atoms with Crippen LogP contribution < -0.4 is 4.72 Å². The fraction of sp³-hybridized carbons (Fsp3) is 0.385. The van der Waals surface area contributed by atoms with Gasteiger partial charge in [0.05, 0.1) is 17.6 Å². The van der Waals surface area contributed by atoms with Crippen molar-refractivity contribution in [2.24, 2.45) is 0 Å². The number of halogens is 1. The van der Waals surface area contributed by atoms with Gasteiger partial charge in [-0.05, 0) is 40.5 Å². The van der Waals surface area contributed by atoms with Crippen molar-refractivity contribution in [3.63, 3.8) is 0 Å². The first-order chi connectivity index (χ1) is 10.2. The van der Waals surface area contributed by atoms with E-state index in [0.717, 1.165) is 0 Å². The van der Waals surface area contributed by atoms with Crippen LogP contribution in [0.3, 0.4) is 0 Å². The quantitative estimate of drug-likeness (QED) is 0.683. The Bertz CT molecular complexity index is 673. The Morgan fingerprint density at radius 1 is 1.41 bits per heavy atom. The number of rotatable bonds is 7. The molecule has 122 valence electrons. The van der Waals surface area contributed by atoms with Gasteiger partial charge >= 0.3 is 11.9 Å². The van der Waals surface area contributed by atoms with Crippen molar-refractivity contribution in [2.45, 2.75) is 30.7 Å². The summed E-state index contributed by atoms with van der Waals surface area (Å²) in [5.41, 5.74) is 0.177. The topological polar surface area (TPSA) is 110 Å². The molecule has 9 heteroatoms. The van der Waals surface area contributed by atoms with Gasteiger partial charge in [0.15, 0.2) is 0 Å². The summed E-state index contributed by atoms with van der Waals surface area (Å²) in [4.78, 5) is 22.3. The lowest BCUT2D eigenvalue weighted by Gasteiger charge is -2.15. The second-order valence-electron chi connectivity index (χ2n) is 4.44. The molecule has 1 unspecified atom stereocenters. The van der Waals surface area contributed by atoms with E-state index < -0.39 is 28.0 Å². The monoisotopic (exact) mass is 393 g/mol. The van der Waals surface area contributed by atoms with Crippen LogP contribution in [0.25, 0.3) is 0 Å². The molecular weight excluding hydrogens is 378 g/mol. The van der Waals surface area contributed by atoms with Crippen molar-refractivity contribution in [3.05, 3.63) is 28.2 Å². The van der Waals surface area contributed by atoms with Crippen molar-refractivity contribution in [1.82, 2.24) is 4.72 Å². The Hall–Kier alpha value is -1.45. The van der Waals surface area contributed by atoms with Gasteiger partial charge in [-0.25, -0.2) is 13.2 Å². The third-order valence-corrected chi connectivity index (χ3v) is 5.26. The molecule has 0 radical (unpaired) electrons. The minimum absolute atomic E-state index is 0.142. The Morgan fingerprint density at radius 2 is 2.05 bits per heavy atom. The molecule has 0 aliphatic carbocycles. The van der Waals surface area contributed by atoms with E-state index in [4.69, 9.17) is 5.11 Å². The molecule has 1 aromatic carbocycles. The molecule has 0 bridgehead atoms. The van der Waals surface area contributed by atoms with Gasteiger partial charge in [0.2, 0.25) is 10.0 Å². The molecule has 0 aliphatic heterocycles. The summed E-state index contributed by atoms with van der Waals surface area (Å²) in [5.74, 6) is -1.85. The van der Waals surface area contributed by atoms with E-state index in [0.29, 0.717) is 6.42 Å². The number of nitrogens with one attached hydrogen (secondary N) is 1.